The summed E-state index contributed by atoms with van der Waals surface area (Å²) in [5, 5.41) is 12.0. The molecule has 0 saturated carbocycles. The number of nitrogens with one attached hydrogen (secondary N) is 1. The maximum absolute atomic E-state index is 12.5. The fourth-order valence-electron chi connectivity index (χ4n) is 2.86. The van der Waals surface area contributed by atoms with Gasteiger partial charge in [0.05, 0.1) is 6.04 Å². The van der Waals surface area contributed by atoms with E-state index in [-0.39, 0.29) is 23.2 Å². The smallest absolute Gasteiger partial charge is 0.354 e. The van der Waals surface area contributed by atoms with Crippen LogP contribution in [0.15, 0.2) is 42.6 Å². The standard InChI is InChI=1S/C18H18N2O4/c1-18(2)10-14(12-5-3-4-6-15(12)24-18)20-16(21)11-7-8-19-13(9-11)17(22)23/h3-9,14H,10H2,1-2H3,(H,20,21)(H,22,23). The number of aromatic nitrogens is 1. The van der Waals surface area contributed by atoms with E-state index in [9.17, 15) is 9.59 Å². The summed E-state index contributed by atoms with van der Waals surface area (Å²) < 4.78 is 5.95. The monoisotopic (exact) mass is 326 g/mol. The van der Waals surface area contributed by atoms with Crippen molar-refractivity contribution < 1.29 is 19.4 Å². The molecule has 1 aromatic heterocycles. The summed E-state index contributed by atoms with van der Waals surface area (Å²) in [5.41, 5.74) is 0.619. The van der Waals surface area contributed by atoms with Gasteiger partial charge in [0.25, 0.3) is 5.91 Å². The molecule has 3 rings (SSSR count). The maximum atomic E-state index is 12.5. The van der Waals surface area contributed by atoms with E-state index in [2.05, 4.69) is 10.3 Å². The first-order valence-corrected chi connectivity index (χ1v) is 7.64. The van der Waals surface area contributed by atoms with Crippen LogP contribution in [0.3, 0.4) is 0 Å². The second kappa shape index (κ2) is 5.96. The second-order valence-electron chi connectivity index (χ2n) is 6.36. The largest absolute Gasteiger partial charge is 0.487 e. The first-order valence-electron chi connectivity index (χ1n) is 7.64. The molecular formula is C18H18N2O4. The molecule has 6 nitrogen and oxygen atoms in total. The van der Waals surface area contributed by atoms with Crippen LogP contribution in [0.2, 0.25) is 0 Å². The number of fused-ring (bicyclic) bond motifs is 1. The molecule has 1 aliphatic heterocycles. The summed E-state index contributed by atoms with van der Waals surface area (Å²) in [6.45, 7) is 3.94. The molecule has 0 bridgehead atoms. The first-order chi connectivity index (χ1) is 11.4. The lowest BCUT2D eigenvalue weighted by Gasteiger charge is -2.37. The molecule has 1 amide bonds. The summed E-state index contributed by atoms with van der Waals surface area (Å²) >= 11 is 0. The highest BCUT2D eigenvalue weighted by atomic mass is 16.5. The fraction of sp³-hybridized carbons (Fsp3) is 0.278. The molecule has 2 heterocycles. The molecule has 0 fully saturated rings. The van der Waals surface area contributed by atoms with Gasteiger partial charge in [-0.05, 0) is 32.0 Å². The van der Waals surface area contributed by atoms with Gasteiger partial charge in [0.2, 0.25) is 0 Å². The zero-order valence-corrected chi connectivity index (χ0v) is 13.4. The summed E-state index contributed by atoms with van der Waals surface area (Å²) in [4.78, 5) is 27.3. The number of nitrogens with zero attached hydrogens (tertiary/aromatic N) is 1. The number of hydrogen-bond donors (Lipinski definition) is 2. The Hall–Kier alpha value is -2.89. The average molecular weight is 326 g/mol. The van der Waals surface area contributed by atoms with Crippen molar-refractivity contribution in [1.82, 2.24) is 10.3 Å². The second-order valence-corrected chi connectivity index (χ2v) is 6.36. The number of carboxylic acid groups (broad SMARTS) is 1. The molecule has 1 unspecified atom stereocenters. The van der Waals surface area contributed by atoms with Gasteiger partial charge in [0.15, 0.2) is 0 Å². The van der Waals surface area contributed by atoms with Crippen molar-refractivity contribution in [3.63, 3.8) is 0 Å². The molecule has 1 atom stereocenters. The van der Waals surface area contributed by atoms with Gasteiger partial charge in [-0.15, -0.1) is 0 Å². The summed E-state index contributed by atoms with van der Waals surface area (Å²) in [6, 6.07) is 10.1. The van der Waals surface area contributed by atoms with E-state index in [1.54, 1.807) is 0 Å². The molecule has 1 aromatic carbocycles. The number of hydrogen-bond acceptors (Lipinski definition) is 4. The maximum Gasteiger partial charge on any atom is 0.354 e. The van der Waals surface area contributed by atoms with Gasteiger partial charge in [-0.2, -0.15) is 0 Å². The van der Waals surface area contributed by atoms with Crippen LogP contribution in [0, 0.1) is 0 Å². The van der Waals surface area contributed by atoms with E-state index in [0.29, 0.717) is 6.42 Å². The highest BCUT2D eigenvalue weighted by molar-refractivity contribution is 5.96. The lowest BCUT2D eigenvalue weighted by atomic mass is 9.89. The van der Waals surface area contributed by atoms with Crippen molar-refractivity contribution >= 4 is 11.9 Å². The predicted molar refractivity (Wildman–Crippen MR) is 87.2 cm³/mol. The van der Waals surface area contributed by atoms with Gasteiger partial charge < -0.3 is 15.2 Å². The van der Waals surface area contributed by atoms with E-state index >= 15 is 0 Å². The third-order valence-corrected chi connectivity index (χ3v) is 3.92. The van der Waals surface area contributed by atoms with Crippen LogP contribution in [-0.2, 0) is 0 Å². The molecule has 0 aliphatic carbocycles. The molecule has 1 aliphatic rings. The lowest BCUT2D eigenvalue weighted by molar-refractivity contribution is 0.0619. The number of ether oxygens (including phenoxy) is 1. The minimum Gasteiger partial charge on any atom is -0.487 e. The number of para-hydroxylation sites is 1. The third kappa shape index (κ3) is 3.22. The Morgan fingerprint density at radius 1 is 1.29 bits per heavy atom. The minimum absolute atomic E-state index is 0.157. The van der Waals surface area contributed by atoms with Crippen molar-refractivity contribution in [1.29, 1.82) is 0 Å². The van der Waals surface area contributed by atoms with Crippen molar-refractivity contribution in [2.24, 2.45) is 0 Å². The zero-order valence-electron chi connectivity index (χ0n) is 13.4. The molecule has 2 aromatic rings. The number of benzene rings is 1. The van der Waals surface area contributed by atoms with E-state index in [1.807, 2.05) is 38.1 Å². The number of carbonyl (C=O) groups is 2. The Balaban J connectivity index is 1.86. The Kier molecular flexibility index (Phi) is 3.97. The molecule has 24 heavy (non-hydrogen) atoms. The topological polar surface area (TPSA) is 88.5 Å². The molecular weight excluding hydrogens is 308 g/mol. The summed E-state index contributed by atoms with van der Waals surface area (Å²) in [7, 11) is 0. The predicted octanol–water partition coefficient (Wildman–Crippen LogP) is 2.81. The number of rotatable bonds is 3. The molecule has 0 radical (unpaired) electrons. The number of pyridine rings is 1. The fourth-order valence-corrected chi connectivity index (χ4v) is 2.86. The normalized spacial score (nSPS) is 18.2. The highest BCUT2D eigenvalue weighted by Gasteiger charge is 2.34. The van der Waals surface area contributed by atoms with Gasteiger partial charge in [-0.25, -0.2) is 9.78 Å². The van der Waals surface area contributed by atoms with Crippen molar-refractivity contribution in [3.05, 3.63) is 59.4 Å². The van der Waals surface area contributed by atoms with E-state index < -0.39 is 11.6 Å². The zero-order chi connectivity index (χ0) is 17.3. The quantitative estimate of drug-likeness (QED) is 0.905. The summed E-state index contributed by atoms with van der Waals surface area (Å²) in [5.74, 6) is -0.750. The molecule has 124 valence electrons. The molecule has 0 saturated heterocycles. The van der Waals surface area contributed by atoms with Crippen LogP contribution in [-0.4, -0.2) is 27.6 Å². The van der Waals surface area contributed by atoms with Gasteiger partial charge in [0, 0.05) is 23.7 Å². The van der Waals surface area contributed by atoms with Crippen LogP contribution in [0.4, 0.5) is 0 Å². The highest BCUT2D eigenvalue weighted by Crippen LogP contribution is 2.39. The Labute approximate surface area is 139 Å². The van der Waals surface area contributed by atoms with Crippen LogP contribution < -0.4 is 10.1 Å². The number of aromatic carboxylic acids is 1. The number of carboxylic acids is 1. The number of amides is 1. The van der Waals surface area contributed by atoms with Crippen molar-refractivity contribution in [2.75, 3.05) is 0 Å². The average Bonchev–Trinajstić information content (AvgIpc) is 2.54. The molecule has 0 spiro atoms. The Morgan fingerprint density at radius 2 is 2.04 bits per heavy atom. The van der Waals surface area contributed by atoms with Crippen LogP contribution in [0.25, 0.3) is 0 Å². The Bertz CT molecular complexity index is 801. The first kappa shape index (κ1) is 16.0. The lowest BCUT2D eigenvalue weighted by Crippen LogP contribution is -2.41. The number of carbonyl (C=O) groups excluding carboxylic acids is 1. The van der Waals surface area contributed by atoms with Gasteiger partial charge in [-0.1, -0.05) is 18.2 Å². The summed E-state index contributed by atoms with van der Waals surface area (Å²) in [6.07, 6.45) is 1.94. The van der Waals surface area contributed by atoms with E-state index in [0.717, 1.165) is 11.3 Å². The third-order valence-electron chi connectivity index (χ3n) is 3.92. The molecule has 6 heteroatoms. The van der Waals surface area contributed by atoms with E-state index in [4.69, 9.17) is 9.84 Å². The van der Waals surface area contributed by atoms with Crippen LogP contribution in [0.1, 0.15) is 52.7 Å². The van der Waals surface area contributed by atoms with Gasteiger partial charge in [-0.3, -0.25) is 4.79 Å². The van der Waals surface area contributed by atoms with Crippen LogP contribution in [0.5, 0.6) is 5.75 Å². The Morgan fingerprint density at radius 3 is 2.79 bits per heavy atom. The van der Waals surface area contributed by atoms with Crippen molar-refractivity contribution in [3.8, 4) is 5.75 Å². The van der Waals surface area contributed by atoms with E-state index in [1.165, 1.54) is 18.3 Å². The molecule has 2 N–H and O–H groups in total. The van der Waals surface area contributed by atoms with Gasteiger partial charge >= 0.3 is 5.97 Å². The van der Waals surface area contributed by atoms with Crippen LogP contribution >= 0.6 is 0 Å². The van der Waals surface area contributed by atoms with Gasteiger partial charge in [0.1, 0.15) is 17.0 Å². The minimum atomic E-state index is -1.16. The SMILES string of the molecule is CC1(C)CC(NC(=O)c2ccnc(C(=O)O)c2)c2ccccc2O1. The van der Waals surface area contributed by atoms with Crippen molar-refractivity contribution in [2.45, 2.75) is 31.9 Å².